The van der Waals surface area contributed by atoms with Gasteiger partial charge in [-0.3, -0.25) is 9.59 Å². The van der Waals surface area contributed by atoms with Crippen LogP contribution in [0.25, 0.3) is 11.1 Å². The Morgan fingerprint density at radius 1 is 0.714 bits per heavy atom. The molecule has 6 rings (SSSR count). The van der Waals surface area contributed by atoms with Gasteiger partial charge in [-0.2, -0.15) is 0 Å². The average molecular weight is 575 g/mol. The normalized spacial score (nSPS) is 19.6. The lowest BCUT2D eigenvalue weighted by Gasteiger charge is -2.35. The smallest absolute Gasteiger partial charge is 0.254 e. The summed E-state index contributed by atoms with van der Waals surface area (Å²) in [6.07, 6.45) is 2.77. The van der Waals surface area contributed by atoms with Crippen molar-refractivity contribution in [1.82, 2.24) is 20.4 Å². The molecule has 9 heteroatoms. The zero-order chi connectivity index (χ0) is 29.1. The molecule has 42 heavy (non-hydrogen) atoms. The van der Waals surface area contributed by atoms with Gasteiger partial charge in [-0.05, 0) is 104 Å². The van der Waals surface area contributed by atoms with Crippen LogP contribution in [0.4, 0.5) is 8.78 Å². The lowest BCUT2D eigenvalue weighted by atomic mass is 9.89. The van der Waals surface area contributed by atoms with Gasteiger partial charge in [0.25, 0.3) is 11.8 Å². The summed E-state index contributed by atoms with van der Waals surface area (Å²) >= 11 is 0. The summed E-state index contributed by atoms with van der Waals surface area (Å²) in [7, 11) is 0. The number of ether oxygens (including phenoxy) is 1. The third-order valence-electron chi connectivity index (χ3n) is 8.52. The summed E-state index contributed by atoms with van der Waals surface area (Å²) in [5.74, 6) is -0.175. The fourth-order valence-corrected chi connectivity index (χ4v) is 6.13. The predicted octanol–water partition coefficient (Wildman–Crippen LogP) is 4.44. The van der Waals surface area contributed by atoms with Gasteiger partial charge >= 0.3 is 0 Å². The van der Waals surface area contributed by atoms with Crippen molar-refractivity contribution in [2.24, 2.45) is 0 Å². The van der Waals surface area contributed by atoms with E-state index in [1.54, 1.807) is 40.1 Å². The Morgan fingerprint density at radius 2 is 1.38 bits per heavy atom. The van der Waals surface area contributed by atoms with E-state index in [1.165, 1.54) is 18.2 Å². The maximum atomic E-state index is 14.5. The quantitative estimate of drug-likeness (QED) is 0.456. The monoisotopic (exact) mass is 574 g/mol. The molecule has 0 radical (unpaired) electrons. The molecule has 1 unspecified atom stereocenters. The lowest BCUT2D eigenvalue weighted by molar-refractivity contribution is 0.0535. The van der Waals surface area contributed by atoms with E-state index < -0.39 is 5.82 Å². The van der Waals surface area contributed by atoms with E-state index >= 15 is 0 Å². The van der Waals surface area contributed by atoms with Gasteiger partial charge in [0.1, 0.15) is 23.5 Å². The van der Waals surface area contributed by atoms with E-state index in [9.17, 15) is 18.4 Å². The van der Waals surface area contributed by atoms with Crippen LogP contribution < -0.4 is 15.4 Å². The van der Waals surface area contributed by atoms with Crippen LogP contribution in [0.5, 0.6) is 5.75 Å². The molecule has 3 aromatic rings. The summed E-state index contributed by atoms with van der Waals surface area (Å²) in [6.45, 7) is 4.90. The molecule has 0 aromatic heterocycles. The zero-order valence-corrected chi connectivity index (χ0v) is 23.6. The Labute approximate surface area is 244 Å². The number of piperazine rings is 1. The molecule has 0 aliphatic carbocycles. The standard InChI is InChI=1S/C33H36F2N4O3/c34-27-4-1-23(2-5-27)30-20-24(3-6-31(30)42-29-9-12-37-21-29)32(40)38-13-15-39(16-14-38)33(41)26-17-25(18-28(35)19-26)22-7-10-36-11-8-22/h1-6,17-20,22,29,36-37H,7-16,21H2. The first-order valence-corrected chi connectivity index (χ1v) is 14.8. The lowest BCUT2D eigenvalue weighted by Crippen LogP contribution is -2.50. The summed E-state index contributed by atoms with van der Waals surface area (Å²) in [5.41, 5.74) is 3.24. The van der Waals surface area contributed by atoms with E-state index in [2.05, 4.69) is 10.6 Å². The number of hydrogen-bond donors (Lipinski definition) is 2. The molecule has 220 valence electrons. The van der Waals surface area contributed by atoms with Gasteiger partial charge in [-0.15, -0.1) is 0 Å². The Balaban J connectivity index is 1.15. The van der Waals surface area contributed by atoms with E-state index in [4.69, 9.17) is 4.74 Å². The minimum Gasteiger partial charge on any atom is -0.488 e. The van der Waals surface area contributed by atoms with E-state index in [0.29, 0.717) is 43.1 Å². The molecule has 0 spiro atoms. The molecule has 3 aromatic carbocycles. The molecular weight excluding hydrogens is 538 g/mol. The van der Waals surface area contributed by atoms with Gasteiger partial charge in [-0.1, -0.05) is 12.1 Å². The van der Waals surface area contributed by atoms with Gasteiger partial charge in [-0.25, -0.2) is 8.78 Å². The first-order chi connectivity index (χ1) is 20.4. The molecule has 3 aliphatic rings. The van der Waals surface area contributed by atoms with Crippen molar-refractivity contribution in [3.8, 4) is 16.9 Å². The highest BCUT2D eigenvalue weighted by atomic mass is 19.1. The van der Waals surface area contributed by atoms with Crippen LogP contribution in [0, 0.1) is 11.6 Å². The highest BCUT2D eigenvalue weighted by Gasteiger charge is 2.28. The minimum atomic E-state index is -0.392. The van der Waals surface area contributed by atoms with Gasteiger partial charge in [0.05, 0.1) is 0 Å². The van der Waals surface area contributed by atoms with Crippen LogP contribution in [-0.4, -0.2) is 80.1 Å². The van der Waals surface area contributed by atoms with Crippen molar-refractivity contribution < 1.29 is 23.1 Å². The van der Waals surface area contributed by atoms with Crippen LogP contribution in [0.1, 0.15) is 51.5 Å². The fourth-order valence-electron chi connectivity index (χ4n) is 6.13. The van der Waals surface area contributed by atoms with Crippen LogP contribution in [0.15, 0.2) is 60.7 Å². The fraction of sp³-hybridized carbons (Fsp3) is 0.394. The van der Waals surface area contributed by atoms with Crippen molar-refractivity contribution in [1.29, 1.82) is 0 Å². The summed E-state index contributed by atoms with van der Waals surface area (Å²) in [6, 6.07) is 16.2. The van der Waals surface area contributed by atoms with Gasteiger partial charge in [0, 0.05) is 49.4 Å². The number of halogens is 2. The maximum absolute atomic E-state index is 14.5. The molecule has 1 atom stereocenters. The van der Waals surface area contributed by atoms with Crippen molar-refractivity contribution in [2.75, 3.05) is 52.4 Å². The molecule has 2 amide bonds. The number of rotatable bonds is 6. The number of benzene rings is 3. The molecule has 3 fully saturated rings. The van der Waals surface area contributed by atoms with E-state index in [0.717, 1.165) is 62.1 Å². The second-order valence-electron chi connectivity index (χ2n) is 11.3. The largest absolute Gasteiger partial charge is 0.488 e. The number of piperidine rings is 1. The summed E-state index contributed by atoms with van der Waals surface area (Å²) < 4.78 is 34.4. The minimum absolute atomic E-state index is 0.0326. The van der Waals surface area contributed by atoms with Crippen LogP contribution in [0.3, 0.4) is 0 Å². The summed E-state index contributed by atoms with van der Waals surface area (Å²) in [5, 5.41) is 6.61. The molecule has 3 heterocycles. The third-order valence-corrected chi connectivity index (χ3v) is 8.52. The molecular formula is C33H36F2N4O3. The highest BCUT2D eigenvalue weighted by molar-refractivity contribution is 5.97. The Morgan fingerprint density at radius 3 is 2.05 bits per heavy atom. The Kier molecular flexibility index (Phi) is 8.48. The molecule has 3 saturated heterocycles. The van der Waals surface area contributed by atoms with Gasteiger partial charge < -0.3 is 25.2 Å². The average Bonchev–Trinajstić information content (AvgIpc) is 3.54. The number of hydrogen-bond acceptors (Lipinski definition) is 5. The van der Waals surface area contributed by atoms with Crippen molar-refractivity contribution >= 4 is 11.8 Å². The predicted molar refractivity (Wildman–Crippen MR) is 157 cm³/mol. The van der Waals surface area contributed by atoms with Crippen molar-refractivity contribution in [2.45, 2.75) is 31.3 Å². The summed E-state index contributed by atoms with van der Waals surface area (Å²) in [4.78, 5) is 30.3. The maximum Gasteiger partial charge on any atom is 0.254 e. The Bertz CT molecular complexity index is 1430. The molecule has 2 N–H and O–H groups in total. The molecule has 0 bridgehead atoms. The van der Waals surface area contributed by atoms with Crippen molar-refractivity contribution in [3.05, 3.63) is 89.0 Å². The third kappa shape index (κ3) is 6.32. The first-order valence-electron chi connectivity index (χ1n) is 14.8. The van der Waals surface area contributed by atoms with Crippen LogP contribution in [-0.2, 0) is 0 Å². The second-order valence-corrected chi connectivity index (χ2v) is 11.3. The molecule has 3 aliphatic heterocycles. The SMILES string of the molecule is O=C(c1cc(F)cc(C2CCNCC2)c1)N1CCN(C(=O)c2ccc(OC3CCNC3)c(-c3ccc(F)cc3)c2)CC1. The molecule has 0 saturated carbocycles. The number of carbonyl (C=O) groups is 2. The number of amides is 2. The van der Waals surface area contributed by atoms with E-state index in [-0.39, 0.29) is 29.7 Å². The number of carbonyl (C=O) groups excluding carboxylic acids is 2. The first kappa shape index (κ1) is 28.3. The topological polar surface area (TPSA) is 73.9 Å². The second kappa shape index (κ2) is 12.6. The van der Waals surface area contributed by atoms with Gasteiger partial charge in [0.2, 0.25) is 0 Å². The van der Waals surface area contributed by atoms with Crippen LogP contribution in [0.2, 0.25) is 0 Å². The van der Waals surface area contributed by atoms with E-state index in [1.807, 2.05) is 12.1 Å². The highest BCUT2D eigenvalue weighted by Crippen LogP contribution is 2.33. The molecule has 7 nitrogen and oxygen atoms in total. The number of nitrogens with one attached hydrogen (secondary N) is 2. The van der Waals surface area contributed by atoms with Crippen molar-refractivity contribution in [3.63, 3.8) is 0 Å². The van der Waals surface area contributed by atoms with Gasteiger partial charge in [0.15, 0.2) is 0 Å². The zero-order valence-electron chi connectivity index (χ0n) is 23.6. The number of nitrogens with zero attached hydrogens (tertiary/aromatic N) is 2. The Hall–Kier alpha value is -3.82. The van der Waals surface area contributed by atoms with Crippen LogP contribution >= 0.6 is 0 Å².